The van der Waals surface area contributed by atoms with Gasteiger partial charge in [-0.3, -0.25) is 14.5 Å². The van der Waals surface area contributed by atoms with Crippen LogP contribution in [0.15, 0.2) is 45.9 Å². The van der Waals surface area contributed by atoms with Crippen LogP contribution in [0.2, 0.25) is 0 Å². The van der Waals surface area contributed by atoms with Gasteiger partial charge in [0.15, 0.2) is 0 Å². The van der Waals surface area contributed by atoms with E-state index >= 15 is 0 Å². The molecule has 2 aromatic rings. The quantitative estimate of drug-likeness (QED) is 0.706. The molecule has 3 heterocycles. The number of sulfonamides is 1. The van der Waals surface area contributed by atoms with Gasteiger partial charge in [0.1, 0.15) is 11.8 Å². The zero-order valence-electron chi connectivity index (χ0n) is 17.2. The minimum atomic E-state index is -3.66. The number of amides is 2. The van der Waals surface area contributed by atoms with Gasteiger partial charge in [0.25, 0.3) is 0 Å². The molecule has 2 aliphatic heterocycles. The molecule has 0 unspecified atom stereocenters. The molecule has 31 heavy (non-hydrogen) atoms. The third-order valence-corrected chi connectivity index (χ3v) is 7.43. The molecular weight excluding hydrogens is 422 g/mol. The highest BCUT2D eigenvalue weighted by atomic mass is 32.2. The van der Waals surface area contributed by atoms with E-state index in [0.29, 0.717) is 50.5 Å². The first-order valence-corrected chi connectivity index (χ1v) is 11.6. The van der Waals surface area contributed by atoms with Crippen LogP contribution in [-0.4, -0.2) is 63.4 Å². The lowest BCUT2D eigenvalue weighted by atomic mass is 10.1. The van der Waals surface area contributed by atoms with Gasteiger partial charge in [0.2, 0.25) is 21.8 Å². The fraction of sp³-hybridized carbons (Fsp3) is 0.429. The SMILES string of the molecule is CC(=O)N1c2ccc(S(=O)(=O)N3CCOCC3)cc2C[C@H]1C(=O)NCCc1ccco1. The number of benzene rings is 1. The molecule has 0 saturated carbocycles. The smallest absolute Gasteiger partial charge is 0.243 e. The molecule has 1 aromatic heterocycles. The fourth-order valence-electron chi connectivity index (χ4n) is 4.00. The molecule has 1 saturated heterocycles. The number of furan rings is 1. The Labute approximate surface area is 181 Å². The molecule has 166 valence electrons. The number of carbonyl (C=O) groups is 2. The van der Waals surface area contributed by atoms with Crippen molar-refractivity contribution in [3.8, 4) is 0 Å². The molecule has 4 rings (SSSR count). The number of anilines is 1. The summed E-state index contributed by atoms with van der Waals surface area (Å²) in [5.74, 6) is 0.209. The number of nitrogens with one attached hydrogen (secondary N) is 1. The fourth-order valence-corrected chi connectivity index (χ4v) is 5.46. The van der Waals surface area contributed by atoms with Crippen molar-refractivity contribution >= 4 is 27.5 Å². The predicted octanol–water partition coefficient (Wildman–Crippen LogP) is 0.937. The Kier molecular flexibility index (Phi) is 6.12. The maximum absolute atomic E-state index is 13.0. The van der Waals surface area contributed by atoms with Gasteiger partial charge in [-0.25, -0.2) is 8.42 Å². The molecule has 2 amide bonds. The minimum Gasteiger partial charge on any atom is -0.469 e. The normalized spacial score (nSPS) is 19.3. The highest BCUT2D eigenvalue weighted by molar-refractivity contribution is 7.89. The van der Waals surface area contributed by atoms with Crippen molar-refractivity contribution in [3.63, 3.8) is 0 Å². The second-order valence-corrected chi connectivity index (χ2v) is 9.47. The maximum Gasteiger partial charge on any atom is 0.243 e. The molecule has 10 heteroatoms. The molecule has 1 N–H and O–H groups in total. The summed E-state index contributed by atoms with van der Waals surface area (Å²) >= 11 is 0. The Hall–Kier alpha value is -2.69. The average molecular weight is 448 g/mol. The summed E-state index contributed by atoms with van der Waals surface area (Å²) in [5, 5.41) is 2.85. The van der Waals surface area contributed by atoms with E-state index in [1.54, 1.807) is 24.5 Å². The largest absolute Gasteiger partial charge is 0.469 e. The van der Waals surface area contributed by atoms with E-state index in [0.717, 1.165) is 5.76 Å². The van der Waals surface area contributed by atoms with E-state index < -0.39 is 16.1 Å². The first-order chi connectivity index (χ1) is 14.9. The lowest BCUT2D eigenvalue weighted by Crippen LogP contribution is -2.47. The van der Waals surface area contributed by atoms with E-state index in [1.165, 1.54) is 22.2 Å². The van der Waals surface area contributed by atoms with E-state index in [9.17, 15) is 18.0 Å². The minimum absolute atomic E-state index is 0.163. The van der Waals surface area contributed by atoms with Gasteiger partial charge in [0.05, 0.1) is 24.4 Å². The van der Waals surface area contributed by atoms with Gasteiger partial charge in [-0.2, -0.15) is 4.31 Å². The summed E-state index contributed by atoms with van der Waals surface area (Å²) in [6.07, 6.45) is 2.37. The third kappa shape index (κ3) is 4.36. The molecule has 2 aliphatic rings. The van der Waals surface area contributed by atoms with Crippen LogP contribution in [0.25, 0.3) is 0 Å². The number of ether oxygens (including phenoxy) is 1. The van der Waals surface area contributed by atoms with Crippen LogP contribution in [-0.2, 0) is 37.2 Å². The van der Waals surface area contributed by atoms with Crippen LogP contribution in [0.4, 0.5) is 5.69 Å². The first kappa shape index (κ1) is 21.5. The standard InChI is InChI=1S/C21H25N3O6S/c1-15(25)24-19-5-4-18(31(27,28)23-8-11-29-12-9-23)13-16(19)14-20(24)21(26)22-7-6-17-3-2-10-30-17/h2-5,10,13,20H,6-9,11-12,14H2,1H3,(H,22,26)/t20-/m0/s1. The maximum atomic E-state index is 13.0. The number of carbonyl (C=O) groups excluding carboxylic acids is 2. The summed E-state index contributed by atoms with van der Waals surface area (Å²) in [7, 11) is -3.66. The Balaban J connectivity index is 1.51. The van der Waals surface area contributed by atoms with Crippen LogP contribution in [0.5, 0.6) is 0 Å². The van der Waals surface area contributed by atoms with Gasteiger partial charge in [-0.1, -0.05) is 0 Å². The van der Waals surface area contributed by atoms with Crippen LogP contribution < -0.4 is 10.2 Å². The number of hydrogen-bond acceptors (Lipinski definition) is 6. The van der Waals surface area contributed by atoms with E-state index in [4.69, 9.17) is 9.15 Å². The summed E-state index contributed by atoms with van der Waals surface area (Å²) in [6.45, 7) is 3.11. The van der Waals surface area contributed by atoms with Crippen LogP contribution in [0.3, 0.4) is 0 Å². The second kappa shape index (κ2) is 8.81. The molecule has 0 bridgehead atoms. The van der Waals surface area contributed by atoms with E-state index in [1.807, 2.05) is 6.07 Å². The van der Waals surface area contributed by atoms with Gasteiger partial charge in [-0.05, 0) is 35.9 Å². The Bertz CT molecular complexity index is 1060. The monoisotopic (exact) mass is 447 g/mol. The number of morpholine rings is 1. The van der Waals surface area contributed by atoms with Gasteiger partial charge < -0.3 is 14.5 Å². The van der Waals surface area contributed by atoms with Crippen molar-refractivity contribution in [3.05, 3.63) is 47.9 Å². The molecule has 1 atom stereocenters. The summed E-state index contributed by atoms with van der Waals surface area (Å²) in [5.41, 5.74) is 1.23. The predicted molar refractivity (Wildman–Crippen MR) is 112 cm³/mol. The van der Waals surface area contributed by atoms with Crippen molar-refractivity contribution in [2.75, 3.05) is 37.7 Å². The van der Waals surface area contributed by atoms with Gasteiger partial charge in [-0.15, -0.1) is 0 Å². The number of nitrogens with zero attached hydrogens (tertiary/aromatic N) is 2. The zero-order chi connectivity index (χ0) is 22.0. The molecule has 0 radical (unpaired) electrons. The van der Waals surface area contributed by atoms with Crippen molar-refractivity contribution in [2.45, 2.75) is 30.7 Å². The van der Waals surface area contributed by atoms with Crippen LogP contribution in [0.1, 0.15) is 18.2 Å². The lowest BCUT2D eigenvalue weighted by molar-refractivity contribution is -0.125. The van der Waals surface area contributed by atoms with Crippen molar-refractivity contribution < 1.29 is 27.2 Å². The topological polar surface area (TPSA) is 109 Å². The highest BCUT2D eigenvalue weighted by Gasteiger charge is 2.38. The Morgan fingerprint density at radius 2 is 1.97 bits per heavy atom. The first-order valence-electron chi connectivity index (χ1n) is 10.2. The Morgan fingerprint density at radius 1 is 1.19 bits per heavy atom. The Morgan fingerprint density at radius 3 is 2.65 bits per heavy atom. The average Bonchev–Trinajstić information content (AvgIpc) is 3.41. The molecule has 1 fully saturated rings. The van der Waals surface area contributed by atoms with Gasteiger partial charge in [0, 0.05) is 45.1 Å². The third-order valence-electron chi connectivity index (χ3n) is 5.54. The number of hydrogen-bond donors (Lipinski definition) is 1. The summed E-state index contributed by atoms with van der Waals surface area (Å²) in [4.78, 5) is 26.7. The second-order valence-electron chi connectivity index (χ2n) is 7.54. The molecule has 0 spiro atoms. The molecule has 9 nitrogen and oxygen atoms in total. The van der Waals surface area contributed by atoms with E-state index in [2.05, 4.69) is 5.32 Å². The van der Waals surface area contributed by atoms with Crippen molar-refractivity contribution in [1.29, 1.82) is 0 Å². The molecular formula is C21H25N3O6S. The zero-order valence-corrected chi connectivity index (χ0v) is 18.1. The van der Waals surface area contributed by atoms with E-state index in [-0.39, 0.29) is 23.1 Å². The van der Waals surface area contributed by atoms with Crippen LogP contribution in [0, 0.1) is 0 Å². The van der Waals surface area contributed by atoms with Crippen molar-refractivity contribution in [2.24, 2.45) is 0 Å². The molecule has 0 aliphatic carbocycles. The summed E-state index contributed by atoms with van der Waals surface area (Å²) < 4.78 is 37.8. The number of fused-ring (bicyclic) bond motifs is 1. The number of rotatable bonds is 6. The molecule has 1 aromatic carbocycles. The van der Waals surface area contributed by atoms with Crippen molar-refractivity contribution in [1.82, 2.24) is 9.62 Å². The summed E-state index contributed by atoms with van der Waals surface area (Å²) in [6, 6.07) is 7.58. The van der Waals surface area contributed by atoms with Crippen LogP contribution >= 0.6 is 0 Å². The highest BCUT2D eigenvalue weighted by Crippen LogP contribution is 2.35. The van der Waals surface area contributed by atoms with Gasteiger partial charge >= 0.3 is 0 Å². The lowest BCUT2D eigenvalue weighted by Gasteiger charge is -2.26.